The van der Waals surface area contributed by atoms with Crippen LogP contribution >= 0.6 is 11.8 Å². The molecule has 0 radical (unpaired) electrons. The van der Waals surface area contributed by atoms with Gasteiger partial charge in [0.25, 0.3) is 0 Å². The molecule has 2 rings (SSSR count). The molecule has 1 aromatic carbocycles. The molecule has 4 nitrogen and oxygen atoms in total. The number of hydrogen-bond donors (Lipinski definition) is 0. The first-order chi connectivity index (χ1) is 9.92. The number of fused-ring (bicyclic) bond motifs is 1. The van der Waals surface area contributed by atoms with Crippen molar-refractivity contribution in [1.82, 2.24) is 9.21 Å². The van der Waals surface area contributed by atoms with Gasteiger partial charge in [0.05, 0.1) is 5.75 Å². The van der Waals surface area contributed by atoms with Crippen LogP contribution in [0.4, 0.5) is 0 Å². The molecule has 0 amide bonds. The topological polar surface area (TPSA) is 40.6 Å². The van der Waals surface area contributed by atoms with Gasteiger partial charge in [-0.15, -0.1) is 11.8 Å². The molecule has 0 aliphatic carbocycles. The normalized spacial score (nSPS) is 16.2. The number of rotatable bonds is 6. The lowest BCUT2D eigenvalue weighted by atomic mass is 10.00. The molecule has 0 aromatic heterocycles. The van der Waals surface area contributed by atoms with Gasteiger partial charge in [0.15, 0.2) is 0 Å². The Morgan fingerprint density at radius 2 is 2.05 bits per heavy atom. The highest BCUT2D eigenvalue weighted by Crippen LogP contribution is 2.24. The SMILES string of the molecule is CSc1ccc2c(c1)CCN(CCCS(=O)(=O)N(C)C)C2. The minimum absolute atomic E-state index is 0.231. The smallest absolute Gasteiger partial charge is 0.213 e. The van der Waals surface area contributed by atoms with E-state index in [0.717, 1.165) is 26.1 Å². The van der Waals surface area contributed by atoms with Crippen LogP contribution in [0.15, 0.2) is 23.1 Å². The van der Waals surface area contributed by atoms with Crippen molar-refractivity contribution >= 4 is 21.8 Å². The van der Waals surface area contributed by atoms with Crippen LogP contribution in [0.25, 0.3) is 0 Å². The average molecular weight is 329 g/mol. The fraction of sp³-hybridized carbons (Fsp3) is 0.600. The molecule has 1 aliphatic rings. The zero-order valence-electron chi connectivity index (χ0n) is 13.0. The molecule has 6 heteroatoms. The lowest BCUT2D eigenvalue weighted by molar-refractivity contribution is 0.254. The van der Waals surface area contributed by atoms with Crippen LogP contribution in [-0.4, -0.2) is 56.8 Å². The molecule has 0 atom stereocenters. The maximum absolute atomic E-state index is 11.7. The van der Waals surface area contributed by atoms with Crippen LogP contribution in [0.5, 0.6) is 0 Å². The monoisotopic (exact) mass is 328 g/mol. The minimum atomic E-state index is -3.06. The molecule has 0 spiro atoms. The first-order valence-corrected chi connectivity index (χ1v) is 10.0. The second-order valence-corrected chi connectivity index (χ2v) is 8.79. The highest BCUT2D eigenvalue weighted by molar-refractivity contribution is 7.98. The predicted octanol–water partition coefficient (Wildman–Crippen LogP) is 2.05. The first kappa shape index (κ1) is 16.8. The Bertz CT molecular complexity index is 585. The van der Waals surface area contributed by atoms with Crippen molar-refractivity contribution in [3.05, 3.63) is 29.3 Å². The quantitative estimate of drug-likeness (QED) is 0.750. The molecule has 0 unspecified atom stereocenters. The van der Waals surface area contributed by atoms with E-state index in [4.69, 9.17) is 0 Å². The van der Waals surface area contributed by atoms with Gasteiger partial charge >= 0.3 is 0 Å². The molecule has 21 heavy (non-hydrogen) atoms. The second-order valence-electron chi connectivity index (χ2n) is 5.61. The Labute approximate surface area is 132 Å². The zero-order chi connectivity index (χ0) is 15.5. The standard InChI is InChI=1S/C15H24N2O2S2/c1-16(2)21(18,19)10-4-8-17-9-7-13-11-15(20-3)6-5-14(13)12-17/h5-6,11H,4,7-10,12H2,1-3H3. The molecule has 0 saturated carbocycles. The summed E-state index contributed by atoms with van der Waals surface area (Å²) in [7, 11) is 0.121. The molecule has 1 aromatic rings. The van der Waals surface area contributed by atoms with Crippen LogP contribution in [0.2, 0.25) is 0 Å². The van der Waals surface area contributed by atoms with E-state index in [1.165, 1.54) is 20.3 Å². The van der Waals surface area contributed by atoms with E-state index in [9.17, 15) is 8.42 Å². The Morgan fingerprint density at radius 1 is 1.29 bits per heavy atom. The van der Waals surface area contributed by atoms with E-state index in [1.54, 1.807) is 25.9 Å². The molecule has 118 valence electrons. The molecule has 1 heterocycles. The Balaban J connectivity index is 1.88. The minimum Gasteiger partial charge on any atom is -0.299 e. The van der Waals surface area contributed by atoms with Gasteiger partial charge in [0.2, 0.25) is 10.0 Å². The molecule has 0 saturated heterocycles. The molecule has 1 aliphatic heterocycles. The summed E-state index contributed by atoms with van der Waals surface area (Å²) in [5, 5.41) is 0. The van der Waals surface area contributed by atoms with Crippen LogP contribution < -0.4 is 0 Å². The third-order valence-electron chi connectivity index (χ3n) is 3.94. The highest BCUT2D eigenvalue weighted by atomic mass is 32.2. The summed E-state index contributed by atoms with van der Waals surface area (Å²) in [5.41, 5.74) is 2.83. The van der Waals surface area contributed by atoms with Gasteiger partial charge in [-0.3, -0.25) is 4.90 Å². The number of sulfonamides is 1. The van der Waals surface area contributed by atoms with Crippen molar-refractivity contribution in [2.45, 2.75) is 24.3 Å². The van der Waals surface area contributed by atoms with Gasteiger partial charge in [-0.1, -0.05) is 6.07 Å². The summed E-state index contributed by atoms with van der Waals surface area (Å²) in [5.74, 6) is 0.231. The largest absolute Gasteiger partial charge is 0.299 e. The number of benzene rings is 1. The van der Waals surface area contributed by atoms with Crippen LogP contribution in [0.1, 0.15) is 17.5 Å². The van der Waals surface area contributed by atoms with E-state index in [1.807, 2.05) is 0 Å². The van der Waals surface area contributed by atoms with E-state index in [2.05, 4.69) is 29.4 Å². The van der Waals surface area contributed by atoms with Crippen LogP contribution in [0.3, 0.4) is 0 Å². The van der Waals surface area contributed by atoms with Crippen molar-refractivity contribution in [3.63, 3.8) is 0 Å². The summed E-state index contributed by atoms with van der Waals surface area (Å²) < 4.78 is 24.8. The third-order valence-corrected chi connectivity index (χ3v) is 6.58. The van der Waals surface area contributed by atoms with E-state index >= 15 is 0 Å². The lowest BCUT2D eigenvalue weighted by Crippen LogP contribution is -2.33. The maximum Gasteiger partial charge on any atom is 0.213 e. The zero-order valence-corrected chi connectivity index (χ0v) is 14.6. The van der Waals surface area contributed by atoms with E-state index in [0.29, 0.717) is 6.42 Å². The summed E-state index contributed by atoms with van der Waals surface area (Å²) in [6, 6.07) is 6.67. The highest BCUT2D eigenvalue weighted by Gasteiger charge is 2.18. The summed E-state index contributed by atoms with van der Waals surface area (Å²) in [6.07, 6.45) is 3.85. The molecule has 0 bridgehead atoms. The van der Waals surface area contributed by atoms with Gasteiger partial charge < -0.3 is 0 Å². The van der Waals surface area contributed by atoms with E-state index < -0.39 is 10.0 Å². The molecular formula is C15H24N2O2S2. The number of thioether (sulfide) groups is 1. The third kappa shape index (κ3) is 4.45. The van der Waals surface area contributed by atoms with Gasteiger partial charge in [-0.05, 0) is 48.9 Å². The van der Waals surface area contributed by atoms with E-state index in [-0.39, 0.29) is 5.75 Å². The van der Waals surface area contributed by atoms with Gasteiger partial charge in [-0.2, -0.15) is 0 Å². The maximum atomic E-state index is 11.7. The van der Waals surface area contributed by atoms with Crippen molar-refractivity contribution < 1.29 is 8.42 Å². The van der Waals surface area contributed by atoms with Crippen molar-refractivity contribution in [2.24, 2.45) is 0 Å². The van der Waals surface area contributed by atoms with Gasteiger partial charge in [0.1, 0.15) is 0 Å². The molecule has 0 fully saturated rings. The molecular weight excluding hydrogens is 304 g/mol. The van der Waals surface area contributed by atoms with Gasteiger partial charge in [0, 0.05) is 32.1 Å². The summed E-state index contributed by atoms with van der Waals surface area (Å²) in [4.78, 5) is 3.67. The summed E-state index contributed by atoms with van der Waals surface area (Å²) >= 11 is 1.78. The van der Waals surface area contributed by atoms with Gasteiger partial charge in [-0.25, -0.2) is 12.7 Å². The van der Waals surface area contributed by atoms with Crippen LogP contribution in [-0.2, 0) is 23.0 Å². The number of hydrogen-bond acceptors (Lipinski definition) is 4. The average Bonchev–Trinajstić information content (AvgIpc) is 2.46. The Morgan fingerprint density at radius 3 is 2.71 bits per heavy atom. The lowest BCUT2D eigenvalue weighted by Gasteiger charge is -2.29. The van der Waals surface area contributed by atoms with Crippen molar-refractivity contribution in [2.75, 3.05) is 39.2 Å². The van der Waals surface area contributed by atoms with Crippen molar-refractivity contribution in [3.8, 4) is 0 Å². The number of nitrogens with zero attached hydrogens (tertiary/aromatic N) is 2. The van der Waals surface area contributed by atoms with Crippen molar-refractivity contribution in [1.29, 1.82) is 0 Å². The first-order valence-electron chi connectivity index (χ1n) is 7.21. The molecule has 0 N–H and O–H groups in total. The second kappa shape index (κ2) is 7.13. The fourth-order valence-corrected chi connectivity index (χ4v) is 3.88. The predicted molar refractivity (Wildman–Crippen MR) is 89.3 cm³/mol. The summed E-state index contributed by atoms with van der Waals surface area (Å²) in [6.45, 7) is 2.80. The fourth-order valence-electron chi connectivity index (χ4n) is 2.56. The Kier molecular flexibility index (Phi) is 5.71. The Hall–Kier alpha value is -0.560. The van der Waals surface area contributed by atoms with Crippen LogP contribution in [0, 0.1) is 0 Å².